The number of benzene rings is 2. The molecule has 0 saturated heterocycles. The summed E-state index contributed by atoms with van der Waals surface area (Å²) in [7, 11) is -2.79. The Morgan fingerprint density at radius 1 is 1.16 bits per heavy atom. The van der Waals surface area contributed by atoms with Gasteiger partial charge in [0.25, 0.3) is 10.0 Å². The maximum Gasteiger partial charge on any atom is 0.262 e. The second-order valence-electron chi connectivity index (χ2n) is 7.35. The van der Waals surface area contributed by atoms with Crippen LogP contribution in [-0.4, -0.2) is 27.0 Å². The van der Waals surface area contributed by atoms with Crippen molar-refractivity contribution in [2.45, 2.75) is 24.3 Å². The van der Waals surface area contributed by atoms with E-state index in [-0.39, 0.29) is 21.9 Å². The predicted octanol–water partition coefficient (Wildman–Crippen LogP) is 3.57. The quantitative estimate of drug-likeness (QED) is 0.509. The summed E-state index contributed by atoms with van der Waals surface area (Å²) < 4.78 is 52.7. The van der Waals surface area contributed by atoms with Crippen molar-refractivity contribution >= 4 is 27.3 Å². The number of anilines is 2. The zero-order chi connectivity index (χ0) is 22.8. The summed E-state index contributed by atoms with van der Waals surface area (Å²) in [6.45, 7) is 3.08. The highest BCUT2D eigenvalue weighted by Crippen LogP contribution is 2.31. The van der Waals surface area contributed by atoms with E-state index in [1.807, 2.05) is 0 Å². The van der Waals surface area contributed by atoms with Gasteiger partial charge in [0, 0.05) is 16.8 Å². The van der Waals surface area contributed by atoms with Gasteiger partial charge in [0.2, 0.25) is 5.91 Å². The minimum atomic E-state index is -4.16. The number of methoxy groups -OCH3 is 1. The molecule has 0 aliphatic rings. The number of halogens is 1. The molecule has 0 atom stereocenters. The largest absolute Gasteiger partial charge is 0.495 e. The van der Waals surface area contributed by atoms with Gasteiger partial charge < -0.3 is 20.2 Å². The monoisotopic (exact) mass is 447 g/mol. The summed E-state index contributed by atoms with van der Waals surface area (Å²) in [5.74, 6) is -0.963. The number of hydrogen-bond acceptors (Lipinski definition) is 6. The molecule has 0 saturated carbocycles. The fourth-order valence-corrected chi connectivity index (χ4v) is 3.75. The van der Waals surface area contributed by atoms with E-state index in [1.165, 1.54) is 57.7 Å². The van der Waals surface area contributed by atoms with Crippen LogP contribution in [0.2, 0.25) is 0 Å². The topological polar surface area (TPSA) is 124 Å². The third-order valence-corrected chi connectivity index (χ3v) is 5.73. The first-order valence-corrected chi connectivity index (χ1v) is 10.6. The second-order valence-corrected chi connectivity index (χ2v) is 9.03. The molecule has 1 amide bonds. The molecule has 0 radical (unpaired) electrons. The summed E-state index contributed by atoms with van der Waals surface area (Å²) in [6.07, 6.45) is 2.75. The molecule has 0 unspecified atom stereocenters. The SMILES string of the molecule is COc1ccc(NC(=O)C(C)(C)N)cc1NS(=O)(=O)c1ccc(-c2ccoc2)c(F)c1. The number of carbonyl (C=O) groups is 1. The Balaban J connectivity index is 1.90. The van der Waals surface area contributed by atoms with E-state index < -0.39 is 27.3 Å². The van der Waals surface area contributed by atoms with Gasteiger partial charge in [0.15, 0.2) is 0 Å². The Labute approximate surface area is 179 Å². The van der Waals surface area contributed by atoms with E-state index >= 15 is 0 Å². The average Bonchev–Trinajstić information content (AvgIpc) is 3.21. The molecule has 0 fully saturated rings. The van der Waals surface area contributed by atoms with Crippen LogP contribution in [-0.2, 0) is 14.8 Å². The first-order valence-electron chi connectivity index (χ1n) is 9.14. The van der Waals surface area contributed by atoms with Gasteiger partial charge in [-0.25, -0.2) is 12.8 Å². The van der Waals surface area contributed by atoms with Crippen LogP contribution in [0.15, 0.2) is 64.3 Å². The summed E-state index contributed by atoms with van der Waals surface area (Å²) in [6, 6.07) is 9.53. The highest BCUT2D eigenvalue weighted by molar-refractivity contribution is 7.92. The van der Waals surface area contributed by atoms with Crippen LogP contribution >= 0.6 is 0 Å². The van der Waals surface area contributed by atoms with Crippen molar-refractivity contribution in [3.05, 3.63) is 60.8 Å². The van der Waals surface area contributed by atoms with Gasteiger partial charge in [-0.2, -0.15) is 0 Å². The van der Waals surface area contributed by atoms with E-state index in [1.54, 1.807) is 12.1 Å². The molecular formula is C21H22FN3O5S. The number of amides is 1. The molecule has 0 aliphatic heterocycles. The van der Waals surface area contributed by atoms with Crippen molar-refractivity contribution in [2.24, 2.45) is 5.73 Å². The third-order valence-electron chi connectivity index (χ3n) is 4.37. The van der Waals surface area contributed by atoms with Gasteiger partial charge >= 0.3 is 0 Å². The summed E-state index contributed by atoms with van der Waals surface area (Å²) in [5.41, 5.74) is 5.71. The maximum absolute atomic E-state index is 14.5. The van der Waals surface area contributed by atoms with Crippen molar-refractivity contribution in [3.8, 4) is 16.9 Å². The number of sulfonamides is 1. The van der Waals surface area contributed by atoms with Gasteiger partial charge in [-0.3, -0.25) is 9.52 Å². The van der Waals surface area contributed by atoms with Crippen LogP contribution < -0.4 is 20.5 Å². The van der Waals surface area contributed by atoms with Gasteiger partial charge in [-0.05, 0) is 56.3 Å². The molecule has 164 valence electrons. The zero-order valence-electron chi connectivity index (χ0n) is 17.1. The standard InChI is InChI=1S/C21H22FN3O5S/c1-21(2,23)20(26)24-14-4-7-19(29-3)18(10-14)25-31(27,28)15-5-6-16(17(22)11-15)13-8-9-30-12-13/h4-12,25H,23H2,1-3H3,(H,24,26). The normalized spacial score (nSPS) is 11.8. The molecular weight excluding hydrogens is 425 g/mol. The highest BCUT2D eigenvalue weighted by Gasteiger charge is 2.23. The Morgan fingerprint density at radius 2 is 1.90 bits per heavy atom. The lowest BCUT2D eigenvalue weighted by Crippen LogP contribution is -2.45. The van der Waals surface area contributed by atoms with Crippen molar-refractivity contribution < 1.29 is 26.8 Å². The molecule has 1 heterocycles. The summed E-state index contributed by atoms with van der Waals surface area (Å²) >= 11 is 0. The van der Waals surface area contributed by atoms with E-state index in [0.29, 0.717) is 11.3 Å². The lowest BCUT2D eigenvalue weighted by Gasteiger charge is -2.19. The molecule has 31 heavy (non-hydrogen) atoms. The van der Waals surface area contributed by atoms with Gasteiger partial charge in [-0.15, -0.1) is 0 Å². The van der Waals surface area contributed by atoms with Crippen LogP contribution in [0.5, 0.6) is 5.75 Å². The lowest BCUT2D eigenvalue weighted by atomic mass is 10.1. The summed E-state index contributed by atoms with van der Waals surface area (Å²) in [4.78, 5) is 11.8. The molecule has 0 aliphatic carbocycles. The van der Waals surface area contributed by atoms with Crippen molar-refractivity contribution in [1.29, 1.82) is 0 Å². The lowest BCUT2D eigenvalue weighted by molar-refractivity contribution is -0.120. The molecule has 4 N–H and O–H groups in total. The smallest absolute Gasteiger partial charge is 0.262 e. The fourth-order valence-electron chi connectivity index (χ4n) is 2.68. The Kier molecular flexibility index (Phi) is 6.05. The van der Waals surface area contributed by atoms with Crippen molar-refractivity contribution in [2.75, 3.05) is 17.1 Å². The Hall–Kier alpha value is -3.37. The molecule has 3 rings (SSSR count). The maximum atomic E-state index is 14.5. The predicted molar refractivity (Wildman–Crippen MR) is 115 cm³/mol. The number of rotatable bonds is 7. The number of furan rings is 1. The molecule has 0 bridgehead atoms. The molecule has 8 nitrogen and oxygen atoms in total. The van der Waals surface area contributed by atoms with Crippen LogP contribution in [0, 0.1) is 5.82 Å². The van der Waals surface area contributed by atoms with E-state index in [2.05, 4.69) is 10.0 Å². The van der Waals surface area contributed by atoms with E-state index in [0.717, 1.165) is 6.07 Å². The first kappa shape index (κ1) is 22.3. The van der Waals surface area contributed by atoms with Gasteiger partial charge in [0.1, 0.15) is 11.6 Å². The molecule has 1 aromatic heterocycles. The van der Waals surface area contributed by atoms with Crippen molar-refractivity contribution in [1.82, 2.24) is 0 Å². The van der Waals surface area contributed by atoms with Gasteiger partial charge in [-0.1, -0.05) is 0 Å². The molecule has 2 aromatic carbocycles. The minimum absolute atomic E-state index is 0.0643. The Morgan fingerprint density at radius 3 is 2.48 bits per heavy atom. The van der Waals surface area contributed by atoms with Gasteiger partial charge in [0.05, 0.1) is 35.8 Å². The molecule has 3 aromatic rings. The molecule has 0 spiro atoms. The van der Waals surface area contributed by atoms with E-state index in [4.69, 9.17) is 14.9 Å². The average molecular weight is 447 g/mol. The summed E-state index contributed by atoms with van der Waals surface area (Å²) in [5, 5.41) is 2.61. The first-order chi connectivity index (χ1) is 14.5. The van der Waals surface area contributed by atoms with E-state index in [9.17, 15) is 17.6 Å². The number of ether oxygens (including phenoxy) is 1. The number of nitrogens with one attached hydrogen (secondary N) is 2. The molecule has 10 heteroatoms. The highest BCUT2D eigenvalue weighted by atomic mass is 32.2. The van der Waals surface area contributed by atoms with Crippen LogP contribution in [0.4, 0.5) is 15.8 Å². The number of nitrogens with two attached hydrogens (primary N) is 1. The van der Waals surface area contributed by atoms with Crippen LogP contribution in [0.25, 0.3) is 11.1 Å². The number of hydrogen-bond donors (Lipinski definition) is 3. The fraction of sp³-hybridized carbons (Fsp3) is 0.190. The number of carbonyl (C=O) groups excluding carboxylic acids is 1. The second kappa shape index (κ2) is 8.40. The van der Waals surface area contributed by atoms with Crippen LogP contribution in [0.1, 0.15) is 13.8 Å². The third kappa shape index (κ3) is 5.04. The minimum Gasteiger partial charge on any atom is -0.495 e. The van der Waals surface area contributed by atoms with Crippen molar-refractivity contribution in [3.63, 3.8) is 0 Å². The van der Waals surface area contributed by atoms with Crippen LogP contribution in [0.3, 0.4) is 0 Å². The Bertz CT molecular complexity index is 1200. The zero-order valence-corrected chi connectivity index (χ0v) is 17.9.